The molecule has 1 aromatic carbocycles. The molecule has 5 nitrogen and oxygen atoms in total. The predicted octanol–water partition coefficient (Wildman–Crippen LogP) is 2.49. The normalized spacial score (nSPS) is 10.9. The first-order valence-electron chi connectivity index (χ1n) is 6.31. The number of anilines is 1. The third kappa shape index (κ3) is 5.30. The molecule has 1 rings (SSSR count). The molecule has 0 radical (unpaired) electrons. The van der Waals surface area contributed by atoms with E-state index in [2.05, 4.69) is 21.2 Å². The van der Waals surface area contributed by atoms with Crippen molar-refractivity contribution in [2.45, 2.75) is 26.8 Å². The van der Waals surface area contributed by atoms with Crippen molar-refractivity contribution in [3.8, 4) is 0 Å². The Morgan fingerprint density at radius 2 is 2.00 bits per heavy atom. The number of nitrogens with one attached hydrogen (secondary N) is 1. The van der Waals surface area contributed by atoms with E-state index in [1.807, 2.05) is 32.9 Å². The van der Waals surface area contributed by atoms with Crippen molar-refractivity contribution in [2.24, 2.45) is 0 Å². The zero-order valence-corrected chi connectivity index (χ0v) is 13.4. The van der Waals surface area contributed by atoms with Crippen molar-refractivity contribution in [1.82, 2.24) is 4.90 Å². The number of benzene rings is 1. The van der Waals surface area contributed by atoms with Gasteiger partial charge in [-0.1, -0.05) is 15.9 Å². The van der Waals surface area contributed by atoms with E-state index in [0.29, 0.717) is 5.69 Å². The number of carbonyl (C=O) groups is 2. The number of rotatable bonds is 6. The van der Waals surface area contributed by atoms with Crippen LogP contribution in [0.1, 0.15) is 19.4 Å². The second-order valence-corrected chi connectivity index (χ2v) is 5.76. The number of hydrogen-bond acceptors (Lipinski definition) is 3. The maximum atomic E-state index is 11.9. The summed E-state index contributed by atoms with van der Waals surface area (Å²) in [6.07, 6.45) is 0. The van der Waals surface area contributed by atoms with Crippen molar-refractivity contribution in [2.75, 3.05) is 18.4 Å². The van der Waals surface area contributed by atoms with Crippen LogP contribution in [-0.4, -0.2) is 41.0 Å². The SMILES string of the molecule is Cc1cc(NC(=O)CN(CC(=O)O)C(C)C)ccc1Br. The lowest BCUT2D eigenvalue weighted by molar-refractivity contribution is -0.139. The summed E-state index contributed by atoms with van der Waals surface area (Å²) < 4.78 is 0.977. The number of aryl methyl sites for hydroxylation is 1. The van der Waals surface area contributed by atoms with Crippen molar-refractivity contribution >= 4 is 33.5 Å². The Hall–Kier alpha value is -1.40. The number of carbonyl (C=O) groups excluding carboxylic acids is 1. The number of nitrogens with zero attached hydrogens (tertiary/aromatic N) is 1. The first-order valence-corrected chi connectivity index (χ1v) is 7.10. The first-order chi connectivity index (χ1) is 9.29. The van der Waals surface area contributed by atoms with Crippen molar-refractivity contribution in [1.29, 1.82) is 0 Å². The van der Waals surface area contributed by atoms with Gasteiger partial charge in [0.25, 0.3) is 0 Å². The quantitative estimate of drug-likeness (QED) is 0.833. The van der Waals surface area contributed by atoms with Gasteiger partial charge in [0.2, 0.25) is 5.91 Å². The van der Waals surface area contributed by atoms with Crippen LogP contribution in [0.4, 0.5) is 5.69 Å². The molecule has 0 heterocycles. The van der Waals surface area contributed by atoms with Gasteiger partial charge in [0.05, 0.1) is 13.1 Å². The van der Waals surface area contributed by atoms with Crippen LogP contribution in [0.3, 0.4) is 0 Å². The van der Waals surface area contributed by atoms with E-state index in [9.17, 15) is 9.59 Å². The van der Waals surface area contributed by atoms with E-state index in [1.54, 1.807) is 11.0 Å². The molecule has 0 aromatic heterocycles. The van der Waals surface area contributed by atoms with E-state index < -0.39 is 5.97 Å². The van der Waals surface area contributed by atoms with Crippen molar-refractivity contribution < 1.29 is 14.7 Å². The first kappa shape index (κ1) is 16.7. The van der Waals surface area contributed by atoms with Crippen LogP contribution in [0.25, 0.3) is 0 Å². The van der Waals surface area contributed by atoms with Crippen molar-refractivity contribution in [3.63, 3.8) is 0 Å². The molecular weight excluding hydrogens is 324 g/mol. The number of aliphatic carboxylic acids is 1. The number of amides is 1. The Labute approximate surface area is 127 Å². The summed E-state index contributed by atoms with van der Waals surface area (Å²) in [5.74, 6) is -1.16. The summed E-state index contributed by atoms with van der Waals surface area (Å²) in [4.78, 5) is 24.3. The molecule has 0 aliphatic heterocycles. The van der Waals surface area contributed by atoms with Crippen molar-refractivity contribution in [3.05, 3.63) is 28.2 Å². The van der Waals surface area contributed by atoms with Gasteiger partial charge < -0.3 is 10.4 Å². The third-order valence-electron chi connectivity index (χ3n) is 2.86. The summed E-state index contributed by atoms with van der Waals surface area (Å²) in [7, 11) is 0. The highest BCUT2D eigenvalue weighted by molar-refractivity contribution is 9.10. The Bertz CT molecular complexity index is 503. The smallest absolute Gasteiger partial charge is 0.317 e. The fraction of sp³-hybridized carbons (Fsp3) is 0.429. The number of halogens is 1. The molecule has 0 saturated heterocycles. The average molecular weight is 343 g/mol. The molecule has 0 bridgehead atoms. The Balaban J connectivity index is 2.65. The monoisotopic (exact) mass is 342 g/mol. The molecule has 2 N–H and O–H groups in total. The van der Waals surface area contributed by atoms with Gasteiger partial charge in [0.15, 0.2) is 0 Å². The van der Waals surface area contributed by atoms with Crippen LogP contribution in [0, 0.1) is 6.92 Å². The summed E-state index contributed by atoms with van der Waals surface area (Å²) >= 11 is 3.40. The molecule has 0 unspecified atom stereocenters. The molecule has 0 fully saturated rings. The molecule has 0 atom stereocenters. The highest BCUT2D eigenvalue weighted by Crippen LogP contribution is 2.19. The zero-order chi connectivity index (χ0) is 15.3. The fourth-order valence-electron chi connectivity index (χ4n) is 1.70. The van der Waals surface area contributed by atoms with Gasteiger partial charge in [-0.15, -0.1) is 0 Å². The van der Waals surface area contributed by atoms with Gasteiger partial charge in [0.1, 0.15) is 0 Å². The maximum Gasteiger partial charge on any atom is 0.317 e. The number of hydrogen-bond donors (Lipinski definition) is 2. The highest BCUT2D eigenvalue weighted by Gasteiger charge is 2.17. The van der Waals surface area contributed by atoms with Gasteiger partial charge in [-0.2, -0.15) is 0 Å². The lowest BCUT2D eigenvalue weighted by Gasteiger charge is -2.23. The lowest BCUT2D eigenvalue weighted by Crippen LogP contribution is -2.41. The summed E-state index contributed by atoms with van der Waals surface area (Å²) in [5, 5.41) is 11.6. The molecule has 0 saturated carbocycles. The van der Waals surface area contributed by atoms with Gasteiger partial charge >= 0.3 is 5.97 Å². The molecule has 1 aromatic rings. The second kappa shape index (κ2) is 7.40. The van der Waals surface area contributed by atoms with Crippen LogP contribution >= 0.6 is 15.9 Å². The molecule has 0 aliphatic carbocycles. The Kier molecular flexibility index (Phi) is 6.16. The third-order valence-corrected chi connectivity index (χ3v) is 3.75. The van der Waals surface area contributed by atoms with E-state index in [4.69, 9.17) is 5.11 Å². The minimum atomic E-state index is -0.939. The number of carboxylic acid groups (broad SMARTS) is 1. The molecule has 6 heteroatoms. The van der Waals surface area contributed by atoms with Gasteiger partial charge in [-0.3, -0.25) is 14.5 Å². The zero-order valence-electron chi connectivity index (χ0n) is 11.8. The minimum Gasteiger partial charge on any atom is -0.480 e. The highest BCUT2D eigenvalue weighted by atomic mass is 79.9. The summed E-state index contributed by atoms with van der Waals surface area (Å²) in [6, 6.07) is 5.51. The molecular formula is C14H19BrN2O3. The molecule has 0 aliphatic rings. The largest absolute Gasteiger partial charge is 0.480 e. The summed E-state index contributed by atoms with van der Waals surface area (Å²) in [5.41, 5.74) is 1.73. The molecule has 20 heavy (non-hydrogen) atoms. The number of carboxylic acids is 1. The van der Waals surface area contributed by atoms with Crippen LogP contribution in [0.5, 0.6) is 0 Å². The van der Waals surface area contributed by atoms with E-state index in [-0.39, 0.29) is 25.0 Å². The van der Waals surface area contributed by atoms with Gasteiger partial charge in [-0.05, 0) is 44.5 Å². The van der Waals surface area contributed by atoms with Crippen LogP contribution in [-0.2, 0) is 9.59 Å². The van der Waals surface area contributed by atoms with Gasteiger partial charge in [-0.25, -0.2) is 0 Å². The van der Waals surface area contributed by atoms with Crippen LogP contribution in [0.15, 0.2) is 22.7 Å². The Morgan fingerprint density at radius 3 is 2.50 bits per heavy atom. The van der Waals surface area contributed by atoms with E-state index in [0.717, 1.165) is 10.0 Å². The van der Waals surface area contributed by atoms with Crippen LogP contribution < -0.4 is 5.32 Å². The van der Waals surface area contributed by atoms with Gasteiger partial charge in [0, 0.05) is 16.2 Å². The topological polar surface area (TPSA) is 69.6 Å². The molecule has 110 valence electrons. The Morgan fingerprint density at radius 1 is 1.35 bits per heavy atom. The maximum absolute atomic E-state index is 11.9. The molecule has 1 amide bonds. The fourth-order valence-corrected chi connectivity index (χ4v) is 1.95. The van der Waals surface area contributed by atoms with E-state index in [1.165, 1.54) is 0 Å². The standard InChI is InChI=1S/C14H19BrN2O3/c1-9(2)17(8-14(19)20)7-13(18)16-11-4-5-12(15)10(3)6-11/h4-6,9H,7-8H2,1-3H3,(H,16,18)(H,19,20). The minimum absolute atomic E-state index is 0.0106. The predicted molar refractivity (Wildman–Crippen MR) is 81.9 cm³/mol. The summed E-state index contributed by atoms with van der Waals surface area (Å²) in [6.45, 7) is 5.56. The van der Waals surface area contributed by atoms with Crippen LogP contribution in [0.2, 0.25) is 0 Å². The second-order valence-electron chi connectivity index (χ2n) is 4.90. The molecule has 0 spiro atoms. The average Bonchev–Trinajstić information content (AvgIpc) is 2.32. The van der Waals surface area contributed by atoms with E-state index >= 15 is 0 Å². The lowest BCUT2D eigenvalue weighted by atomic mass is 10.2.